The Labute approximate surface area is 419 Å². The predicted molar refractivity (Wildman–Crippen MR) is 276 cm³/mol. The van der Waals surface area contributed by atoms with Crippen LogP contribution in [0.1, 0.15) is 33.4 Å². The van der Waals surface area contributed by atoms with Gasteiger partial charge >= 0.3 is 20.1 Å². The van der Waals surface area contributed by atoms with E-state index in [0.29, 0.717) is 5.56 Å². The maximum atomic E-state index is 14.3. The van der Waals surface area contributed by atoms with Crippen LogP contribution in [0.2, 0.25) is 0 Å². The van der Waals surface area contributed by atoms with Crippen molar-refractivity contribution in [1.82, 2.24) is 15.0 Å². The molecular weight excluding hydrogens is 1030 g/mol. The van der Waals surface area contributed by atoms with E-state index < -0.39 is 0 Å². The molecule has 340 valence electrons. The summed E-state index contributed by atoms with van der Waals surface area (Å²) < 4.78 is 27.3. The van der Waals surface area contributed by atoms with E-state index in [1.807, 2.05) is 112 Å². The average Bonchev–Trinajstić information content (AvgIpc) is 3.36. The molecule has 0 atom stereocenters. The Morgan fingerprint density at radius 3 is 1.43 bits per heavy atom. The molecule has 6 heteroatoms. The van der Waals surface area contributed by atoms with Gasteiger partial charge in [0.15, 0.2) is 0 Å². The van der Waals surface area contributed by atoms with Gasteiger partial charge < -0.3 is 15.0 Å². The number of hydrogen-bond acceptors (Lipinski definition) is 3. The van der Waals surface area contributed by atoms with Crippen LogP contribution in [0.25, 0.3) is 78.3 Å². The third-order valence-electron chi connectivity index (χ3n) is 11.7. The minimum Gasteiger partial charge on any atom is -0.304 e. The van der Waals surface area contributed by atoms with Crippen LogP contribution in [0.15, 0.2) is 195 Å². The fourth-order valence-corrected chi connectivity index (χ4v) is 7.96. The molecule has 0 saturated carbocycles. The maximum absolute atomic E-state index is 14.3. The van der Waals surface area contributed by atoms with Crippen molar-refractivity contribution in [2.75, 3.05) is 0 Å². The Morgan fingerprint density at radius 1 is 0.348 bits per heavy atom. The molecule has 3 nitrogen and oxygen atoms in total. The van der Waals surface area contributed by atoms with E-state index in [0.717, 1.165) is 67.2 Å². The van der Waals surface area contributed by atoms with E-state index >= 15 is 0 Å². The van der Waals surface area contributed by atoms with E-state index in [-0.39, 0.29) is 31.7 Å². The first kappa shape index (κ1) is 49.4. The van der Waals surface area contributed by atoms with Gasteiger partial charge in [0.1, 0.15) is 0 Å². The number of halogens is 2. The van der Waals surface area contributed by atoms with Crippen molar-refractivity contribution < 1.29 is 28.9 Å². The van der Waals surface area contributed by atoms with Gasteiger partial charge in [-0.2, -0.15) is 0 Å². The molecule has 0 aliphatic heterocycles. The largest absolute Gasteiger partial charge is 3.00 e. The molecule has 3 heterocycles. The van der Waals surface area contributed by atoms with Crippen molar-refractivity contribution >= 4 is 0 Å². The molecule has 0 spiro atoms. The Bertz CT molecular complexity index is 3040. The molecule has 7 aromatic carbocycles. The van der Waals surface area contributed by atoms with Crippen LogP contribution in [0, 0.1) is 71.4 Å². The summed E-state index contributed by atoms with van der Waals surface area (Å²) in [5, 5.41) is 0. The summed E-state index contributed by atoms with van der Waals surface area (Å²) in [5.41, 5.74) is 20.6. The van der Waals surface area contributed by atoms with Crippen molar-refractivity contribution in [2.24, 2.45) is 0 Å². The summed E-state index contributed by atoms with van der Waals surface area (Å²) in [4.78, 5) is 13.5. The molecule has 3 aromatic heterocycles. The van der Waals surface area contributed by atoms with Gasteiger partial charge in [0.25, 0.3) is 0 Å². The molecule has 10 aromatic rings. The standard InChI is InChI=1S/C23H16N.2C20H17FN.Ir/c1-3-7-18(8-4-1)20-11-13-21(14-12-20)23-16-15-22(17-24-23)19-9-5-2-6-10-19;1-13-4-9-18(14(2)10-13)19-11-20(22-12-15(19)3)16-5-7-17(21)8-6-16;1-13-4-7-17(15(3)10-13)18-11-16(6-8-19(18)21)20-9-5-14(2)12-22-20;/h1-13,15-17H;2*4-5,7-12H,1-3H3;/q3*-1;+3. The molecule has 0 radical (unpaired) electrons. The summed E-state index contributed by atoms with van der Waals surface area (Å²) >= 11 is 0. The minimum absolute atomic E-state index is 0. The predicted octanol–water partition coefficient (Wildman–Crippen LogP) is 16.4. The third-order valence-corrected chi connectivity index (χ3v) is 11.7. The van der Waals surface area contributed by atoms with Crippen molar-refractivity contribution in [3.8, 4) is 78.3 Å². The normalized spacial score (nSPS) is 10.5. The summed E-state index contributed by atoms with van der Waals surface area (Å²) in [6.07, 6.45) is 5.59. The van der Waals surface area contributed by atoms with Crippen LogP contribution in [0.5, 0.6) is 0 Å². The molecule has 0 unspecified atom stereocenters. The average molecular weight is 1080 g/mol. The topological polar surface area (TPSA) is 38.7 Å². The maximum Gasteiger partial charge on any atom is 3.00 e. The minimum atomic E-state index is -0.287. The van der Waals surface area contributed by atoms with Crippen LogP contribution < -0.4 is 0 Å². The Hall–Kier alpha value is -7.50. The van der Waals surface area contributed by atoms with Crippen LogP contribution in [-0.2, 0) is 20.1 Å². The molecular formula is C63H50F2IrN3. The summed E-state index contributed by atoms with van der Waals surface area (Å²) in [7, 11) is 0. The van der Waals surface area contributed by atoms with Gasteiger partial charge in [-0.3, -0.25) is 8.78 Å². The van der Waals surface area contributed by atoms with Gasteiger partial charge in [-0.1, -0.05) is 155 Å². The Morgan fingerprint density at radius 2 is 0.870 bits per heavy atom. The summed E-state index contributed by atoms with van der Waals surface area (Å²) in [5.74, 6) is -0.548. The van der Waals surface area contributed by atoms with E-state index in [4.69, 9.17) is 0 Å². The van der Waals surface area contributed by atoms with E-state index in [2.05, 4.69) is 133 Å². The van der Waals surface area contributed by atoms with Gasteiger partial charge in [-0.15, -0.1) is 83.4 Å². The van der Waals surface area contributed by atoms with Gasteiger partial charge in [0.2, 0.25) is 0 Å². The van der Waals surface area contributed by atoms with Crippen molar-refractivity contribution in [1.29, 1.82) is 0 Å². The van der Waals surface area contributed by atoms with E-state index in [1.54, 1.807) is 6.07 Å². The fraction of sp³-hybridized carbons (Fsp3) is 0.0952. The van der Waals surface area contributed by atoms with Crippen LogP contribution in [0.4, 0.5) is 8.78 Å². The van der Waals surface area contributed by atoms with Crippen LogP contribution >= 0.6 is 0 Å². The number of aromatic nitrogens is 3. The monoisotopic (exact) mass is 1080 g/mol. The number of pyridine rings is 3. The molecule has 0 N–H and O–H groups in total. The van der Waals surface area contributed by atoms with Crippen molar-refractivity contribution in [3.63, 3.8) is 0 Å². The van der Waals surface area contributed by atoms with Gasteiger partial charge in [0.05, 0.1) is 0 Å². The molecule has 0 bridgehead atoms. The molecule has 0 amide bonds. The second-order valence-electron chi connectivity index (χ2n) is 16.9. The number of rotatable bonds is 7. The molecule has 69 heavy (non-hydrogen) atoms. The van der Waals surface area contributed by atoms with Crippen LogP contribution in [0.3, 0.4) is 0 Å². The van der Waals surface area contributed by atoms with Gasteiger partial charge in [-0.25, -0.2) is 0 Å². The van der Waals surface area contributed by atoms with Gasteiger partial charge in [0, 0.05) is 30.2 Å². The smallest absolute Gasteiger partial charge is 0.304 e. The van der Waals surface area contributed by atoms with Crippen molar-refractivity contribution in [3.05, 3.63) is 258 Å². The molecule has 0 fully saturated rings. The third kappa shape index (κ3) is 12.5. The van der Waals surface area contributed by atoms with Crippen LogP contribution in [-0.4, -0.2) is 15.0 Å². The fourth-order valence-electron chi connectivity index (χ4n) is 7.96. The summed E-state index contributed by atoms with van der Waals surface area (Å²) in [6.45, 7) is 12.3. The molecule has 0 aliphatic carbocycles. The van der Waals surface area contributed by atoms with E-state index in [1.165, 1.54) is 57.1 Å². The summed E-state index contributed by atoms with van der Waals surface area (Å²) in [6, 6.07) is 66.4. The number of hydrogen-bond donors (Lipinski definition) is 0. The van der Waals surface area contributed by atoms with Crippen molar-refractivity contribution in [2.45, 2.75) is 41.5 Å². The van der Waals surface area contributed by atoms with E-state index in [9.17, 15) is 8.78 Å². The molecule has 0 saturated heterocycles. The zero-order chi connectivity index (χ0) is 47.6. The first-order valence-electron chi connectivity index (χ1n) is 22.5. The number of benzene rings is 7. The first-order chi connectivity index (χ1) is 33.0. The zero-order valence-electron chi connectivity index (χ0n) is 39.4. The first-order valence-corrected chi connectivity index (χ1v) is 22.5. The second-order valence-corrected chi connectivity index (χ2v) is 16.9. The second kappa shape index (κ2) is 23.0. The van der Waals surface area contributed by atoms with Gasteiger partial charge in [-0.05, 0) is 109 Å². The zero-order valence-corrected chi connectivity index (χ0v) is 41.8. The number of nitrogens with zero attached hydrogens (tertiary/aromatic N) is 3. The molecule has 0 aliphatic rings. The molecule has 10 rings (SSSR count). The Balaban J connectivity index is 0.000000152. The number of aryl methyl sites for hydroxylation is 6. The quantitative estimate of drug-likeness (QED) is 0.149. The SMILES string of the molecule is Cc1ccc(-c2[c-]cc(F)c(-c3ccc(C)cc3C)c2)nc1.Cc1ccc(-c2cc(-c3[c-]cc(F)cc3)ncc2C)c(C)c1.[Ir+3].[c-]1cc(-c2ccccc2)ccc1-c1ccc(-c2ccccc2)cn1. The Kier molecular flexibility index (Phi) is 16.5.